The van der Waals surface area contributed by atoms with Crippen LogP contribution in [0.25, 0.3) is 16.8 Å². The van der Waals surface area contributed by atoms with Gasteiger partial charge in [0.25, 0.3) is 5.91 Å². The van der Waals surface area contributed by atoms with Crippen LogP contribution in [0.4, 0.5) is 0 Å². The molecular weight excluding hydrogens is 385 g/mol. The molecule has 0 bridgehead atoms. The maximum atomic E-state index is 12.6. The highest BCUT2D eigenvalue weighted by Gasteiger charge is 2.17. The monoisotopic (exact) mass is 397 g/mol. The minimum atomic E-state index is -0.305. The first-order valence-electron chi connectivity index (χ1n) is 8.10. The van der Waals surface area contributed by atoms with E-state index in [2.05, 4.69) is 20.6 Å². The molecule has 1 N–H and O–H groups in total. The SMILES string of the molecule is O=C(NCc1ccccc1)c1cc(-c2ccc(Cl)cc2Cl)c2nncn2n1. The van der Waals surface area contributed by atoms with Gasteiger partial charge >= 0.3 is 0 Å². The summed E-state index contributed by atoms with van der Waals surface area (Å²) in [5, 5.41) is 16.1. The number of benzene rings is 2. The Morgan fingerprint density at radius 2 is 1.85 bits per heavy atom. The van der Waals surface area contributed by atoms with Crippen molar-refractivity contribution in [2.45, 2.75) is 6.54 Å². The molecule has 27 heavy (non-hydrogen) atoms. The Hall–Kier alpha value is -2.96. The molecule has 6 nitrogen and oxygen atoms in total. The molecule has 0 aliphatic rings. The van der Waals surface area contributed by atoms with Crippen molar-refractivity contribution >= 4 is 34.8 Å². The van der Waals surface area contributed by atoms with E-state index in [-0.39, 0.29) is 11.6 Å². The molecule has 0 unspecified atom stereocenters. The highest BCUT2D eigenvalue weighted by molar-refractivity contribution is 6.36. The summed E-state index contributed by atoms with van der Waals surface area (Å²) in [5.74, 6) is -0.305. The molecule has 2 aromatic carbocycles. The lowest BCUT2D eigenvalue weighted by molar-refractivity contribution is 0.0944. The zero-order valence-electron chi connectivity index (χ0n) is 13.9. The lowest BCUT2D eigenvalue weighted by atomic mass is 10.1. The van der Waals surface area contributed by atoms with E-state index < -0.39 is 0 Å². The number of carbonyl (C=O) groups excluding carboxylic acids is 1. The summed E-state index contributed by atoms with van der Waals surface area (Å²) in [5.41, 5.74) is 3.07. The van der Waals surface area contributed by atoms with Gasteiger partial charge in [-0.1, -0.05) is 59.6 Å². The van der Waals surface area contributed by atoms with Crippen molar-refractivity contribution in [2.24, 2.45) is 0 Å². The van der Waals surface area contributed by atoms with Gasteiger partial charge in [0.1, 0.15) is 12.0 Å². The highest BCUT2D eigenvalue weighted by Crippen LogP contribution is 2.32. The van der Waals surface area contributed by atoms with Crippen molar-refractivity contribution < 1.29 is 4.79 Å². The topological polar surface area (TPSA) is 72.2 Å². The maximum absolute atomic E-state index is 12.6. The van der Waals surface area contributed by atoms with Gasteiger partial charge in [0.15, 0.2) is 5.65 Å². The third-order valence-electron chi connectivity index (χ3n) is 4.02. The number of fused-ring (bicyclic) bond motifs is 1. The van der Waals surface area contributed by atoms with E-state index in [4.69, 9.17) is 23.2 Å². The minimum Gasteiger partial charge on any atom is -0.347 e. The van der Waals surface area contributed by atoms with Gasteiger partial charge in [-0.15, -0.1) is 10.2 Å². The molecule has 1 amide bonds. The van der Waals surface area contributed by atoms with E-state index in [0.717, 1.165) is 5.56 Å². The Morgan fingerprint density at radius 1 is 1.04 bits per heavy atom. The van der Waals surface area contributed by atoms with Gasteiger partial charge in [-0.25, -0.2) is 0 Å². The Kier molecular flexibility index (Phi) is 4.75. The summed E-state index contributed by atoms with van der Waals surface area (Å²) in [4.78, 5) is 12.6. The summed E-state index contributed by atoms with van der Waals surface area (Å²) >= 11 is 12.3. The molecule has 0 saturated heterocycles. The van der Waals surface area contributed by atoms with Gasteiger partial charge in [-0.2, -0.15) is 9.61 Å². The summed E-state index contributed by atoms with van der Waals surface area (Å²) in [6.07, 6.45) is 1.44. The average molecular weight is 398 g/mol. The van der Waals surface area contributed by atoms with Crippen LogP contribution in [0.2, 0.25) is 10.0 Å². The number of aromatic nitrogens is 4. The standard InChI is InChI=1S/C19H13Cl2N5O/c20-13-6-7-14(16(21)8-13)15-9-17(25-26-11-23-24-18(15)26)19(27)22-10-12-4-2-1-3-5-12/h1-9,11H,10H2,(H,22,27). The van der Waals surface area contributed by atoms with Gasteiger partial charge in [-0.3, -0.25) is 4.79 Å². The van der Waals surface area contributed by atoms with Gasteiger partial charge in [0, 0.05) is 22.7 Å². The first-order valence-corrected chi connectivity index (χ1v) is 8.86. The van der Waals surface area contributed by atoms with Crippen LogP contribution in [-0.2, 0) is 6.54 Å². The predicted octanol–water partition coefficient (Wildman–Crippen LogP) is 4.03. The molecule has 0 fully saturated rings. The second-order valence-corrected chi connectivity index (χ2v) is 6.68. The normalized spacial score (nSPS) is 10.9. The molecule has 0 saturated carbocycles. The van der Waals surface area contributed by atoms with Crippen LogP contribution in [0.3, 0.4) is 0 Å². The number of carbonyl (C=O) groups is 1. The largest absolute Gasteiger partial charge is 0.347 e. The molecule has 134 valence electrons. The van der Waals surface area contributed by atoms with E-state index in [0.29, 0.717) is 33.4 Å². The van der Waals surface area contributed by atoms with Crippen LogP contribution < -0.4 is 5.32 Å². The van der Waals surface area contributed by atoms with Gasteiger partial charge in [0.2, 0.25) is 0 Å². The fourth-order valence-corrected chi connectivity index (χ4v) is 3.22. The molecular formula is C19H13Cl2N5O. The Morgan fingerprint density at radius 3 is 2.63 bits per heavy atom. The van der Waals surface area contributed by atoms with Crippen molar-refractivity contribution in [1.82, 2.24) is 25.1 Å². The highest BCUT2D eigenvalue weighted by atomic mass is 35.5. The molecule has 8 heteroatoms. The third kappa shape index (κ3) is 3.63. The number of nitrogens with one attached hydrogen (secondary N) is 1. The van der Waals surface area contributed by atoms with Crippen LogP contribution in [0.15, 0.2) is 60.9 Å². The Bertz CT molecular complexity index is 1130. The fourth-order valence-electron chi connectivity index (χ4n) is 2.71. The summed E-state index contributed by atoms with van der Waals surface area (Å²) < 4.78 is 1.46. The molecule has 0 aliphatic heterocycles. The molecule has 4 aromatic rings. The van der Waals surface area contributed by atoms with Gasteiger partial charge in [0.05, 0.1) is 5.02 Å². The summed E-state index contributed by atoms with van der Waals surface area (Å²) in [7, 11) is 0. The van der Waals surface area contributed by atoms with Crippen molar-refractivity contribution in [3.05, 3.63) is 82.2 Å². The number of amides is 1. The third-order valence-corrected chi connectivity index (χ3v) is 4.57. The smallest absolute Gasteiger partial charge is 0.272 e. The van der Waals surface area contributed by atoms with Crippen LogP contribution in [0.5, 0.6) is 0 Å². The molecule has 0 aliphatic carbocycles. The van der Waals surface area contributed by atoms with Crippen LogP contribution in [-0.4, -0.2) is 25.7 Å². The fraction of sp³-hybridized carbons (Fsp3) is 0.0526. The Labute approximate surface area is 164 Å². The van der Waals surface area contributed by atoms with Crippen LogP contribution in [0, 0.1) is 0 Å². The first-order chi connectivity index (χ1) is 13.1. The first kappa shape index (κ1) is 17.5. The Balaban J connectivity index is 1.71. The lowest BCUT2D eigenvalue weighted by Crippen LogP contribution is -2.24. The number of rotatable bonds is 4. The molecule has 4 rings (SSSR count). The van der Waals surface area contributed by atoms with Crippen molar-refractivity contribution in [3.63, 3.8) is 0 Å². The molecule has 0 radical (unpaired) electrons. The van der Waals surface area contributed by atoms with E-state index in [1.807, 2.05) is 30.3 Å². The van der Waals surface area contributed by atoms with Crippen LogP contribution in [0.1, 0.15) is 16.1 Å². The molecule has 0 spiro atoms. The summed E-state index contributed by atoms with van der Waals surface area (Å²) in [6, 6.07) is 16.4. The minimum absolute atomic E-state index is 0.235. The van der Waals surface area contributed by atoms with Gasteiger partial charge in [-0.05, 0) is 23.8 Å². The number of halogens is 2. The number of hydrogen-bond acceptors (Lipinski definition) is 4. The average Bonchev–Trinajstić information content (AvgIpc) is 3.15. The van der Waals surface area contributed by atoms with E-state index in [1.54, 1.807) is 24.3 Å². The van der Waals surface area contributed by atoms with Crippen molar-refractivity contribution in [2.75, 3.05) is 0 Å². The zero-order chi connectivity index (χ0) is 18.8. The quantitative estimate of drug-likeness (QED) is 0.564. The number of hydrogen-bond donors (Lipinski definition) is 1. The van der Waals surface area contributed by atoms with E-state index in [9.17, 15) is 4.79 Å². The summed E-state index contributed by atoms with van der Waals surface area (Å²) in [6.45, 7) is 0.401. The van der Waals surface area contributed by atoms with E-state index in [1.165, 1.54) is 10.8 Å². The maximum Gasteiger partial charge on any atom is 0.272 e. The number of nitrogens with zero attached hydrogens (tertiary/aromatic N) is 4. The van der Waals surface area contributed by atoms with E-state index >= 15 is 0 Å². The zero-order valence-corrected chi connectivity index (χ0v) is 15.4. The molecule has 0 atom stereocenters. The second-order valence-electron chi connectivity index (χ2n) is 5.83. The van der Waals surface area contributed by atoms with Crippen LogP contribution >= 0.6 is 23.2 Å². The van der Waals surface area contributed by atoms with Crippen molar-refractivity contribution in [3.8, 4) is 11.1 Å². The molecule has 2 aromatic heterocycles. The predicted molar refractivity (Wildman–Crippen MR) is 104 cm³/mol. The lowest BCUT2D eigenvalue weighted by Gasteiger charge is -2.09. The van der Waals surface area contributed by atoms with Gasteiger partial charge < -0.3 is 5.32 Å². The van der Waals surface area contributed by atoms with Crippen molar-refractivity contribution in [1.29, 1.82) is 0 Å². The molecule has 2 heterocycles. The second kappa shape index (κ2) is 7.34.